The Balaban J connectivity index is 1.20. The van der Waals surface area contributed by atoms with Gasteiger partial charge in [0.2, 0.25) is 5.95 Å². The first kappa shape index (κ1) is 28.0. The van der Waals surface area contributed by atoms with Crippen LogP contribution >= 0.6 is 0 Å². The third-order valence-corrected chi connectivity index (χ3v) is 10.3. The molecule has 7 aromatic carbocycles. The number of rotatable bonds is 4. The van der Waals surface area contributed by atoms with Crippen molar-refractivity contribution in [3.63, 3.8) is 0 Å². The Morgan fingerprint density at radius 2 is 1.10 bits per heavy atom. The lowest BCUT2D eigenvalue weighted by molar-refractivity contribution is 0.886. The molecule has 0 radical (unpaired) electrons. The van der Waals surface area contributed by atoms with E-state index in [2.05, 4.69) is 194 Å². The van der Waals surface area contributed by atoms with Crippen molar-refractivity contribution in [2.45, 2.75) is 0 Å². The zero-order valence-corrected chi connectivity index (χ0v) is 27.5. The standard InChI is InChI=1S/C44H29BN6/c1-3-14-30(15-4-1)31-16-13-19-34(28-31)49-43-36-21-7-9-22-38(36)47-51(43)45(50-42-25-12-10-23-39(42)46-44(49)50)32-26-27-41-37(29-32)35-20-8-11-24-40(35)48(41)33-17-5-2-6-18-33/h1-29H. The molecule has 0 amide bonds. The number of benzene rings is 7. The minimum atomic E-state index is -0.286. The molecule has 1 aliphatic heterocycles. The lowest BCUT2D eigenvalue weighted by Crippen LogP contribution is -2.50. The second kappa shape index (κ2) is 10.8. The van der Waals surface area contributed by atoms with Crippen LogP contribution in [0.25, 0.3) is 60.6 Å². The minimum Gasteiger partial charge on any atom is -0.328 e. The van der Waals surface area contributed by atoms with Gasteiger partial charge in [-0.05, 0) is 77.3 Å². The first-order valence-corrected chi connectivity index (χ1v) is 17.3. The molecule has 11 rings (SSSR count). The SMILES string of the molecule is c1ccc(-c2cccc(N3c4c5ccccc5nn4B(c4ccc5c(c4)c4ccccc4n5-c4ccccc4)n4c3nc3ccccc34)c2)cc1. The maximum Gasteiger partial charge on any atom is 0.442 e. The Kier molecular flexibility index (Phi) is 5.95. The summed E-state index contributed by atoms with van der Waals surface area (Å²) in [7, 11) is 0. The van der Waals surface area contributed by atoms with E-state index < -0.39 is 0 Å². The van der Waals surface area contributed by atoms with Crippen LogP contribution in [0.15, 0.2) is 176 Å². The van der Waals surface area contributed by atoms with E-state index in [4.69, 9.17) is 10.1 Å². The van der Waals surface area contributed by atoms with E-state index in [0.717, 1.165) is 56.1 Å². The van der Waals surface area contributed by atoms with E-state index in [-0.39, 0.29) is 6.98 Å². The highest BCUT2D eigenvalue weighted by molar-refractivity contribution is 6.72. The van der Waals surface area contributed by atoms with Gasteiger partial charge in [0.25, 0.3) is 0 Å². The largest absolute Gasteiger partial charge is 0.442 e. The molecule has 0 atom stereocenters. The van der Waals surface area contributed by atoms with Crippen molar-refractivity contribution in [2.75, 3.05) is 4.90 Å². The molecule has 0 spiro atoms. The molecule has 0 aliphatic carbocycles. The summed E-state index contributed by atoms with van der Waals surface area (Å²) in [6, 6.07) is 62.4. The van der Waals surface area contributed by atoms with Gasteiger partial charge in [0, 0.05) is 21.8 Å². The normalized spacial score (nSPS) is 12.6. The number of hydrogen-bond donors (Lipinski definition) is 0. The summed E-state index contributed by atoms with van der Waals surface area (Å²) < 4.78 is 6.93. The monoisotopic (exact) mass is 652 g/mol. The molecule has 0 saturated heterocycles. The smallest absolute Gasteiger partial charge is 0.328 e. The number of para-hydroxylation sites is 4. The van der Waals surface area contributed by atoms with Crippen LogP contribution in [0.2, 0.25) is 0 Å². The van der Waals surface area contributed by atoms with E-state index in [1.807, 2.05) is 0 Å². The van der Waals surface area contributed by atoms with Crippen molar-refractivity contribution in [3.05, 3.63) is 176 Å². The van der Waals surface area contributed by atoms with Crippen molar-refractivity contribution >= 4 is 73.6 Å². The highest BCUT2D eigenvalue weighted by Gasteiger charge is 2.41. The van der Waals surface area contributed by atoms with Gasteiger partial charge in [-0.1, -0.05) is 115 Å². The number of hydrogen-bond acceptors (Lipinski definition) is 3. The van der Waals surface area contributed by atoms with Crippen molar-refractivity contribution in [2.24, 2.45) is 0 Å². The molecule has 7 heteroatoms. The Bertz CT molecular complexity index is 2930. The third-order valence-electron chi connectivity index (χ3n) is 10.3. The van der Waals surface area contributed by atoms with Gasteiger partial charge in [-0.3, -0.25) is 9.49 Å². The molecule has 0 fully saturated rings. The molecular weight excluding hydrogens is 623 g/mol. The Morgan fingerprint density at radius 1 is 0.451 bits per heavy atom. The van der Waals surface area contributed by atoms with E-state index in [1.165, 1.54) is 27.4 Å². The lowest BCUT2D eigenvalue weighted by atomic mass is 9.66. The van der Waals surface area contributed by atoms with Gasteiger partial charge >= 0.3 is 6.98 Å². The van der Waals surface area contributed by atoms with Crippen molar-refractivity contribution < 1.29 is 0 Å². The van der Waals surface area contributed by atoms with E-state index in [9.17, 15) is 0 Å². The van der Waals surface area contributed by atoms with Gasteiger partial charge in [0.15, 0.2) is 0 Å². The van der Waals surface area contributed by atoms with E-state index in [0.29, 0.717) is 0 Å². The highest BCUT2D eigenvalue weighted by atomic mass is 15.5. The number of anilines is 3. The summed E-state index contributed by atoms with van der Waals surface area (Å²) in [6.07, 6.45) is 0. The maximum absolute atomic E-state index is 5.37. The molecule has 10 aromatic rings. The fraction of sp³-hybridized carbons (Fsp3) is 0. The van der Waals surface area contributed by atoms with Crippen LogP contribution in [0.1, 0.15) is 0 Å². The first-order valence-electron chi connectivity index (χ1n) is 17.3. The fourth-order valence-corrected chi connectivity index (χ4v) is 8.05. The van der Waals surface area contributed by atoms with Gasteiger partial charge in [0.05, 0.1) is 33.3 Å². The molecule has 0 saturated carbocycles. The molecule has 238 valence electrons. The summed E-state index contributed by atoms with van der Waals surface area (Å²) in [5.41, 5.74) is 10.9. The van der Waals surface area contributed by atoms with Gasteiger partial charge in [0.1, 0.15) is 5.82 Å². The maximum atomic E-state index is 5.37. The molecular formula is C44H29BN6. The molecule has 51 heavy (non-hydrogen) atoms. The average molecular weight is 653 g/mol. The zero-order valence-electron chi connectivity index (χ0n) is 27.5. The lowest BCUT2D eigenvalue weighted by Gasteiger charge is -2.34. The Morgan fingerprint density at radius 3 is 1.94 bits per heavy atom. The predicted molar refractivity (Wildman–Crippen MR) is 210 cm³/mol. The summed E-state index contributed by atoms with van der Waals surface area (Å²) in [5.74, 6) is 1.85. The third kappa shape index (κ3) is 4.12. The topological polar surface area (TPSA) is 43.8 Å². The van der Waals surface area contributed by atoms with Crippen LogP contribution in [0.4, 0.5) is 17.5 Å². The molecule has 0 bridgehead atoms. The van der Waals surface area contributed by atoms with Gasteiger partial charge in [-0.25, -0.2) is 4.98 Å². The molecule has 1 aliphatic rings. The van der Waals surface area contributed by atoms with Crippen LogP contribution < -0.4 is 10.4 Å². The first-order chi connectivity index (χ1) is 25.3. The number of aromatic nitrogens is 5. The van der Waals surface area contributed by atoms with Gasteiger partial charge in [-0.15, -0.1) is 0 Å². The quantitative estimate of drug-likeness (QED) is 0.178. The highest BCUT2D eigenvalue weighted by Crippen LogP contribution is 2.44. The van der Waals surface area contributed by atoms with Crippen LogP contribution in [0, 0.1) is 0 Å². The summed E-state index contributed by atoms with van der Waals surface area (Å²) >= 11 is 0. The van der Waals surface area contributed by atoms with Gasteiger partial charge in [-0.2, -0.15) is 5.10 Å². The van der Waals surface area contributed by atoms with Gasteiger partial charge < -0.3 is 9.05 Å². The van der Waals surface area contributed by atoms with Crippen LogP contribution in [-0.2, 0) is 0 Å². The second-order valence-electron chi connectivity index (χ2n) is 13.1. The molecule has 4 heterocycles. The van der Waals surface area contributed by atoms with E-state index >= 15 is 0 Å². The van der Waals surface area contributed by atoms with E-state index in [1.54, 1.807) is 0 Å². The number of imidazole rings is 1. The fourth-order valence-electron chi connectivity index (χ4n) is 8.05. The van der Waals surface area contributed by atoms with Crippen LogP contribution in [-0.4, -0.2) is 30.7 Å². The molecule has 0 N–H and O–H groups in total. The summed E-state index contributed by atoms with van der Waals surface area (Å²) in [4.78, 5) is 7.66. The second-order valence-corrected chi connectivity index (χ2v) is 13.1. The number of fused-ring (bicyclic) bond motifs is 9. The molecule has 6 nitrogen and oxygen atoms in total. The number of nitrogens with zero attached hydrogens (tertiary/aromatic N) is 6. The van der Waals surface area contributed by atoms with Crippen molar-refractivity contribution in [1.82, 2.24) is 23.7 Å². The molecule has 3 aromatic heterocycles. The predicted octanol–water partition coefficient (Wildman–Crippen LogP) is 9.73. The Labute approximate surface area is 294 Å². The average Bonchev–Trinajstić information content (AvgIpc) is 3.87. The van der Waals surface area contributed by atoms with Crippen LogP contribution in [0.3, 0.4) is 0 Å². The zero-order chi connectivity index (χ0) is 33.5. The molecule has 0 unspecified atom stereocenters. The Hall–Kier alpha value is -6.86. The van der Waals surface area contributed by atoms with Crippen molar-refractivity contribution in [1.29, 1.82) is 0 Å². The minimum absolute atomic E-state index is 0.286. The van der Waals surface area contributed by atoms with Crippen molar-refractivity contribution in [3.8, 4) is 16.8 Å². The summed E-state index contributed by atoms with van der Waals surface area (Å²) in [6.45, 7) is -0.286. The summed E-state index contributed by atoms with van der Waals surface area (Å²) in [5, 5.41) is 8.87. The van der Waals surface area contributed by atoms with Crippen LogP contribution in [0.5, 0.6) is 0 Å².